The predicted molar refractivity (Wildman–Crippen MR) is 145 cm³/mol. The summed E-state index contributed by atoms with van der Waals surface area (Å²) in [5.41, 5.74) is 4.25. The van der Waals surface area contributed by atoms with Gasteiger partial charge in [0.05, 0.1) is 10.6 Å². The zero-order valence-electron chi connectivity index (χ0n) is 20.7. The third-order valence-corrected chi connectivity index (χ3v) is 8.53. The minimum absolute atomic E-state index is 0.122. The van der Waals surface area contributed by atoms with Crippen molar-refractivity contribution in [1.29, 1.82) is 0 Å². The third kappa shape index (κ3) is 6.27. The Labute approximate surface area is 218 Å². The molecule has 0 aliphatic carbocycles. The fourth-order valence-corrected chi connectivity index (χ4v) is 6.08. The zero-order chi connectivity index (χ0) is 25.7. The molecular weight excluding hydrogens is 494 g/mol. The van der Waals surface area contributed by atoms with Gasteiger partial charge in [-0.05, 0) is 80.7 Å². The number of anilines is 1. The lowest BCUT2D eigenvalue weighted by Gasteiger charge is -2.26. The smallest absolute Gasteiger partial charge is 0.264 e. The van der Waals surface area contributed by atoms with E-state index in [-0.39, 0.29) is 17.3 Å². The monoisotopic (exact) mass is 525 g/mol. The predicted octanol–water partition coefficient (Wildman–Crippen LogP) is 5.06. The number of carbonyl (C=O) groups excluding carboxylic acids is 1. The summed E-state index contributed by atoms with van der Waals surface area (Å²) in [6, 6.07) is 19.7. The Morgan fingerprint density at radius 3 is 2.33 bits per heavy atom. The third-order valence-electron chi connectivity index (χ3n) is 6.52. The van der Waals surface area contributed by atoms with Crippen LogP contribution < -0.4 is 9.62 Å². The van der Waals surface area contributed by atoms with E-state index >= 15 is 0 Å². The molecular formula is C28H32ClN3O3S. The highest BCUT2D eigenvalue weighted by molar-refractivity contribution is 7.92. The van der Waals surface area contributed by atoms with E-state index < -0.39 is 10.0 Å². The molecule has 0 bridgehead atoms. The fourth-order valence-electron chi connectivity index (χ4n) is 4.43. The SMILES string of the molecule is Cc1ccc(S(=O)(=O)N(CC(=O)NCc2ccccc2CN2CCCC2)c2cc(Cl)ccc2C)cc1. The highest BCUT2D eigenvalue weighted by Gasteiger charge is 2.28. The molecule has 1 saturated heterocycles. The van der Waals surface area contributed by atoms with Crippen molar-refractivity contribution in [2.24, 2.45) is 0 Å². The first-order valence-electron chi connectivity index (χ1n) is 12.2. The van der Waals surface area contributed by atoms with Crippen molar-refractivity contribution in [2.75, 3.05) is 23.9 Å². The van der Waals surface area contributed by atoms with Crippen LogP contribution in [0.15, 0.2) is 71.6 Å². The van der Waals surface area contributed by atoms with Gasteiger partial charge in [-0.2, -0.15) is 0 Å². The molecule has 1 aliphatic heterocycles. The Morgan fingerprint density at radius 2 is 1.64 bits per heavy atom. The number of likely N-dealkylation sites (tertiary alicyclic amines) is 1. The van der Waals surface area contributed by atoms with Crippen LogP contribution in [0.4, 0.5) is 5.69 Å². The van der Waals surface area contributed by atoms with Crippen molar-refractivity contribution >= 4 is 33.2 Å². The summed E-state index contributed by atoms with van der Waals surface area (Å²) >= 11 is 6.22. The summed E-state index contributed by atoms with van der Waals surface area (Å²) in [4.78, 5) is 15.7. The molecule has 0 spiro atoms. The maximum atomic E-state index is 13.7. The number of nitrogens with one attached hydrogen (secondary N) is 1. The van der Waals surface area contributed by atoms with Crippen LogP contribution in [0.3, 0.4) is 0 Å². The zero-order valence-corrected chi connectivity index (χ0v) is 22.3. The Balaban J connectivity index is 1.55. The Hall–Kier alpha value is -2.87. The normalized spacial score (nSPS) is 14.1. The second-order valence-corrected chi connectivity index (χ2v) is 11.6. The molecule has 1 amide bonds. The average molecular weight is 526 g/mol. The van der Waals surface area contributed by atoms with E-state index in [0.29, 0.717) is 22.8 Å². The highest BCUT2D eigenvalue weighted by Crippen LogP contribution is 2.29. The van der Waals surface area contributed by atoms with E-state index in [1.165, 1.54) is 18.4 Å². The molecule has 4 rings (SSSR count). The standard InChI is InChI=1S/C28H32ClN3O3S/c1-21-9-13-26(14-10-21)36(34,35)32(27-17-25(29)12-11-22(27)2)20-28(33)30-18-23-7-3-4-8-24(23)19-31-15-5-6-16-31/h3-4,7-14,17H,5-6,15-16,18-20H2,1-2H3,(H,30,33). The molecule has 8 heteroatoms. The van der Waals surface area contributed by atoms with Crippen LogP contribution >= 0.6 is 11.6 Å². The van der Waals surface area contributed by atoms with Gasteiger partial charge in [0.25, 0.3) is 10.0 Å². The summed E-state index contributed by atoms with van der Waals surface area (Å²) < 4.78 is 28.5. The summed E-state index contributed by atoms with van der Waals surface area (Å²) in [7, 11) is -4.00. The Kier molecular flexibility index (Phi) is 8.34. The van der Waals surface area contributed by atoms with Crippen LogP contribution in [0.5, 0.6) is 0 Å². The van der Waals surface area contributed by atoms with Crippen molar-refractivity contribution in [2.45, 2.75) is 44.7 Å². The summed E-state index contributed by atoms with van der Waals surface area (Å²) in [5, 5.41) is 3.33. The summed E-state index contributed by atoms with van der Waals surface area (Å²) in [5.74, 6) is -0.388. The van der Waals surface area contributed by atoms with Gasteiger partial charge in [-0.3, -0.25) is 14.0 Å². The van der Waals surface area contributed by atoms with Crippen molar-refractivity contribution < 1.29 is 13.2 Å². The van der Waals surface area contributed by atoms with Gasteiger partial charge in [-0.25, -0.2) is 8.42 Å². The van der Waals surface area contributed by atoms with Gasteiger partial charge in [0.15, 0.2) is 0 Å². The van der Waals surface area contributed by atoms with E-state index in [2.05, 4.69) is 16.3 Å². The number of rotatable bonds is 9. The van der Waals surface area contributed by atoms with Crippen molar-refractivity contribution in [3.05, 3.63) is 94.0 Å². The number of amides is 1. The largest absolute Gasteiger partial charge is 0.350 e. The molecule has 1 heterocycles. The van der Waals surface area contributed by atoms with Gasteiger partial charge in [0.1, 0.15) is 6.54 Å². The quantitative estimate of drug-likeness (QED) is 0.424. The molecule has 3 aromatic rings. The van der Waals surface area contributed by atoms with Crippen LogP contribution in [-0.4, -0.2) is 38.9 Å². The molecule has 0 aromatic heterocycles. The van der Waals surface area contributed by atoms with Gasteiger partial charge in [-0.1, -0.05) is 59.6 Å². The highest BCUT2D eigenvalue weighted by atomic mass is 35.5. The van der Waals surface area contributed by atoms with E-state index in [9.17, 15) is 13.2 Å². The van der Waals surface area contributed by atoms with Crippen molar-refractivity contribution in [1.82, 2.24) is 10.2 Å². The van der Waals surface area contributed by atoms with Crippen molar-refractivity contribution in [3.63, 3.8) is 0 Å². The second kappa shape index (κ2) is 11.5. The van der Waals surface area contributed by atoms with Crippen molar-refractivity contribution in [3.8, 4) is 0 Å². The number of sulfonamides is 1. The topological polar surface area (TPSA) is 69.7 Å². The molecule has 0 radical (unpaired) electrons. The van der Waals surface area contributed by atoms with Crippen LogP contribution in [0.25, 0.3) is 0 Å². The summed E-state index contributed by atoms with van der Waals surface area (Å²) in [6.45, 7) is 6.69. The molecule has 0 saturated carbocycles. The molecule has 1 fully saturated rings. The first kappa shape index (κ1) is 26.2. The minimum Gasteiger partial charge on any atom is -0.350 e. The molecule has 1 aliphatic rings. The number of hydrogen-bond donors (Lipinski definition) is 1. The lowest BCUT2D eigenvalue weighted by Crippen LogP contribution is -2.41. The number of hydrogen-bond acceptors (Lipinski definition) is 4. The molecule has 190 valence electrons. The number of halogens is 1. The maximum Gasteiger partial charge on any atom is 0.264 e. The van der Waals surface area contributed by atoms with Crippen LogP contribution in [0, 0.1) is 13.8 Å². The van der Waals surface area contributed by atoms with Gasteiger partial charge in [-0.15, -0.1) is 0 Å². The lowest BCUT2D eigenvalue weighted by molar-refractivity contribution is -0.119. The second-order valence-electron chi connectivity index (χ2n) is 9.28. The molecule has 0 unspecified atom stereocenters. The van der Waals surface area contributed by atoms with E-state index in [0.717, 1.165) is 35.1 Å². The van der Waals surface area contributed by atoms with E-state index in [1.807, 2.05) is 25.1 Å². The van der Waals surface area contributed by atoms with Gasteiger partial charge < -0.3 is 5.32 Å². The summed E-state index contributed by atoms with van der Waals surface area (Å²) in [6.07, 6.45) is 2.43. The van der Waals surface area contributed by atoms with Crippen LogP contribution in [0.2, 0.25) is 5.02 Å². The van der Waals surface area contributed by atoms with Gasteiger partial charge in [0, 0.05) is 18.1 Å². The first-order chi connectivity index (χ1) is 17.2. The molecule has 1 N–H and O–H groups in total. The Morgan fingerprint density at radius 1 is 0.972 bits per heavy atom. The fraction of sp³-hybridized carbons (Fsp3) is 0.321. The molecule has 3 aromatic carbocycles. The van der Waals surface area contributed by atoms with Gasteiger partial charge >= 0.3 is 0 Å². The molecule has 6 nitrogen and oxygen atoms in total. The van der Waals surface area contributed by atoms with E-state index in [1.54, 1.807) is 49.4 Å². The van der Waals surface area contributed by atoms with E-state index in [4.69, 9.17) is 11.6 Å². The minimum atomic E-state index is -4.00. The van der Waals surface area contributed by atoms with Gasteiger partial charge in [0.2, 0.25) is 5.91 Å². The molecule has 36 heavy (non-hydrogen) atoms. The maximum absolute atomic E-state index is 13.7. The number of carbonyl (C=O) groups is 1. The van der Waals surface area contributed by atoms with Crippen LogP contribution in [-0.2, 0) is 27.9 Å². The first-order valence-corrected chi connectivity index (χ1v) is 14.0. The number of aryl methyl sites for hydroxylation is 2. The number of benzene rings is 3. The number of nitrogens with zero attached hydrogens (tertiary/aromatic N) is 2. The van der Waals surface area contributed by atoms with Crippen LogP contribution in [0.1, 0.15) is 35.1 Å². The lowest BCUT2D eigenvalue weighted by atomic mass is 10.1. The molecule has 0 atom stereocenters. The Bertz CT molecular complexity index is 1320. The average Bonchev–Trinajstić information content (AvgIpc) is 3.37.